The van der Waals surface area contributed by atoms with E-state index in [1.165, 1.54) is 67.9 Å². The van der Waals surface area contributed by atoms with E-state index >= 15 is 0 Å². The van der Waals surface area contributed by atoms with E-state index in [0.29, 0.717) is 0 Å². The zero-order valence-electron chi connectivity index (χ0n) is 23.2. The maximum atomic E-state index is 2.43. The van der Waals surface area contributed by atoms with E-state index in [4.69, 9.17) is 0 Å². The molecule has 2 aromatic heterocycles. The first-order valence-corrected chi connectivity index (χ1v) is 16.1. The average molecular weight is 584 g/mol. The van der Waals surface area contributed by atoms with E-state index in [1.807, 2.05) is 22.7 Å². The predicted octanol–water partition coefficient (Wildman–Crippen LogP) is 12.7. The van der Waals surface area contributed by atoms with Crippen molar-refractivity contribution >= 4 is 90.9 Å². The lowest BCUT2D eigenvalue weighted by molar-refractivity contribution is 1.31. The normalized spacial score (nSPS) is 11.7. The highest BCUT2D eigenvalue weighted by Crippen LogP contribution is 2.46. The monoisotopic (exact) mass is 583 g/mol. The summed E-state index contributed by atoms with van der Waals surface area (Å²) in [6.07, 6.45) is 0. The molecule has 1 nitrogen and oxygen atoms in total. The summed E-state index contributed by atoms with van der Waals surface area (Å²) in [5.41, 5.74) is 5.95. The van der Waals surface area contributed by atoms with Crippen LogP contribution in [0.15, 0.2) is 152 Å². The fourth-order valence-electron chi connectivity index (χ4n) is 6.36. The van der Waals surface area contributed by atoms with E-state index in [2.05, 4.69) is 157 Å². The third-order valence-electron chi connectivity index (χ3n) is 8.43. The number of thiophene rings is 2. The van der Waals surface area contributed by atoms with Crippen LogP contribution in [-0.4, -0.2) is 0 Å². The van der Waals surface area contributed by atoms with E-state index in [1.54, 1.807) is 0 Å². The first-order valence-electron chi connectivity index (χ1n) is 14.5. The summed E-state index contributed by atoms with van der Waals surface area (Å²) in [4.78, 5) is 2.43. The van der Waals surface area contributed by atoms with Gasteiger partial charge in [-0.15, -0.1) is 22.7 Å². The molecule has 0 aliphatic rings. The molecule has 0 atom stereocenters. The Morgan fingerprint density at radius 3 is 1.84 bits per heavy atom. The molecule has 43 heavy (non-hydrogen) atoms. The third kappa shape index (κ3) is 4.04. The van der Waals surface area contributed by atoms with Gasteiger partial charge >= 0.3 is 0 Å². The van der Waals surface area contributed by atoms with E-state index in [-0.39, 0.29) is 0 Å². The van der Waals surface area contributed by atoms with Crippen molar-refractivity contribution in [1.82, 2.24) is 0 Å². The summed E-state index contributed by atoms with van der Waals surface area (Å²) in [5, 5.41) is 7.80. The van der Waals surface area contributed by atoms with Gasteiger partial charge in [0.05, 0.1) is 10.4 Å². The molecule has 0 bridgehead atoms. The van der Waals surface area contributed by atoms with Crippen molar-refractivity contribution in [2.75, 3.05) is 4.90 Å². The summed E-state index contributed by atoms with van der Waals surface area (Å²) in [5.74, 6) is 0. The smallest absolute Gasteiger partial charge is 0.0640 e. The second kappa shape index (κ2) is 9.81. The molecule has 202 valence electrons. The average Bonchev–Trinajstić information content (AvgIpc) is 3.63. The van der Waals surface area contributed by atoms with Gasteiger partial charge in [0, 0.05) is 47.0 Å². The molecule has 0 aliphatic heterocycles. The van der Waals surface area contributed by atoms with E-state index in [0.717, 1.165) is 11.4 Å². The Labute approximate surface area is 257 Å². The Kier molecular flexibility index (Phi) is 5.62. The Balaban J connectivity index is 1.27. The Hall–Kier alpha value is -4.96. The quantitative estimate of drug-likeness (QED) is 0.199. The second-order valence-electron chi connectivity index (χ2n) is 11.0. The van der Waals surface area contributed by atoms with Crippen LogP contribution >= 0.6 is 22.7 Å². The molecular weight excluding hydrogens is 559 g/mol. The van der Waals surface area contributed by atoms with Crippen LogP contribution in [0.4, 0.5) is 17.1 Å². The van der Waals surface area contributed by atoms with Crippen LogP contribution in [0.25, 0.3) is 62.2 Å². The molecule has 0 aliphatic carbocycles. The van der Waals surface area contributed by atoms with Crippen molar-refractivity contribution in [1.29, 1.82) is 0 Å². The predicted molar refractivity (Wildman–Crippen MR) is 190 cm³/mol. The van der Waals surface area contributed by atoms with E-state index in [9.17, 15) is 0 Å². The largest absolute Gasteiger partial charge is 0.309 e. The van der Waals surface area contributed by atoms with Crippen LogP contribution in [0.1, 0.15) is 0 Å². The molecule has 0 N–H and O–H groups in total. The number of rotatable bonds is 4. The molecule has 0 saturated carbocycles. The van der Waals surface area contributed by atoms with Gasteiger partial charge in [0.25, 0.3) is 0 Å². The summed E-state index contributed by atoms with van der Waals surface area (Å²) >= 11 is 3.75. The van der Waals surface area contributed by atoms with Crippen molar-refractivity contribution in [2.24, 2.45) is 0 Å². The SMILES string of the molecule is c1ccc(-c2ccc(N(c3ccc4cc5sc6ccccc6c5cc4c3)c3cccc4c3sc3ccccc34)cc2)cc1. The first kappa shape index (κ1) is 24.6. The number of hydrogen-bond acceptors (Lipinski definition) is 3. The van der Waals surface area contributed by atoms with Crippen molar-refractivity contribution in [3.05, 3.63) is 152 Å². The highest BCUT2D eigenvalue weighted by atomic mass is 32.1. The number of anilines is 3. The van der Waals surface area contributed by atoms with Gasteiger partial charge in [-0.3, -0.25) is 0 Å². The molecular formula is C40H25NS2. The van der Waals surface area contributed by atoms with Gasteiger partial charge in [-0.1, -0.05) is 97.1 Å². The van der Waals surface area contributed by atoms with Gasteiger partial charge in [0.15, 0.2) is 0 Å². The summed E-state index contributed by atoms with van der Waals surface area (Å²) < 4.78 is 5.29. The molecule has 7 aromatic carbocycles. The molecule has 2 heterocycles. The van der Waals surface area contributed by atoms with Gasteiger partial charge in [-0.05, 0) is 76.5 Å². The molecule has 3 heteroatoms. The van der Waals surface area contributed by atoms with Crippen molar-refractivity contribution < 1.29 is 0 Å². The minimum Gasteiger partial charge on any atom is -0.309 e. The summed E-state index contributed by atoms with van der Waals surface area (Å²) in [6.45, 7) is 0. The summed E-state index contributed by atoms with van der Waals surface area (Å²) in [6, 6.07) is 55.5. The van der Waals surface area contributed by atoms with Gasteiger partial charge < -0.3 is 4.90 Å². The fraction of sp³-hybridized carbons (Fsp3) is 0. The maximum absolute atomic E-state index is 2.43. The molecule has 0 fully saturated rings. The van der Waals surface area contributed by atoms with Gasteiger partial charge in [-0.25, -0.2) is 0 Å². The Morgan fingerprint density at radius 1 is 0.372 bits per heavy atom. The standard InChI is InChI=1S/C40H25NS2/c1-2-9-26(10-3-1)27-17-20-30(21-18-27)41(36-14-8-13-34-32-11-4-7-16-38(32)43-40(34)36)31-22-19-28-25-39-35(24-29(28)23-31)33-12-5-6-15-37(33)42-39/h1-25H. The highest BCUT2D eigenvalue weighted by molar-refractivity contribution is 7.26. The maximum Gasteiger partial charge on any atom is 0.0640 e. The van der Waals surface area contributed by atoms with Crippen LogP contribution in [0, 0.1) is 0 Å². The lowest BCUT2D eigenvalue weighted by atomic mass is 10.0. The first-order chi connectivity index (χ1) is 21.3. The number of nitrogens with zero attached hydrogens (tertiary/aromatic N) is 1. The third-order valence-corrected chi connectivity index (χ3v) is 10.8. The fourth-order valence-corrected chi connectivity index (χ4v) is 8.71. The minimum absolute atomic E-state index is 1.14. The van der Waals surface area contributed by atoms with Crippen LogP contribution in [-0.2, 0) is 0 Å². The van der Waals surface area contributed by atoms with Gasteiger partial charge in [-0.2, -0.15) is 0 Å². The van der Waals surface area contributed by atoms with E-state index < -0.39 is 0 Å². The van der Waals surface area contributed by atoms with Gasteiger partial charge in [0.1, 0.15) is 0 Å². The highest BCUT2D eigenvalue weighted by Gasteiger charge is 2.19. The number of fused-ring (bicyclic) bond motifs is 7. The van der Waals surface area contributed by atoms with Gasteiger partial charge in [0.2, 0.25) is 0 Å². The molecule has 0 amide bonds. The molecule has 0 spiro atoms. The van der Waals surface area contributed by atoms with Crippen molar-refractivity contribution in [3.8, 4) is 11.1 Å². The van der Waals surface area contributed by atoms with Crippen LogP contribution in [0.2, 0.25) is 0 Å². The topological polar surface area (TPSA) is 3.24 Å². The Morgan fingerprint density at radius 2 is 1.02 bits per heavy atom. The summed E-state index contributed by atoms with van der Waals surface area (Å²) in [7, 11) is 0. The minimum atomic E-state index is 1.14. The van der Waals surface area contributed by atoms with Crippen LogP contribution in [0.3, 0.4) is 0 Å². The van der Waals surface area contributed by atoms with Crippen LogP contribution < -0.4 is 4.90 Å². The van der Waals surface area contributed by atoms with Crippen molar-refractivity contribution in [2.45, 2.75) is 0 Å². The number of hydrogen-bond donors (Lipinski definition) is 0. The lowest BCUT2D eigenvalue weighted by Crippen LogP contribution is -2.10. The zero-order chi connectivity index (χ0) is 28.3. The van der Waals surface area contributed by atoms with Crippen molar-refractivity contribution in [3.63, 3.8) is 0 Å². The molecule has 9 aromatic rings. The second-order valence-corrected chi connectivity index (χ2v) is 13.1. The lowest BCUT2D eigenvalue weighted by Gasteiger charge is -2.26. The Bertz CT molecular complexity index is 2450. The zero-order valence-corrected chi connectivity index (χ0v) is 24.8. The van der Waals surface area contributed by atoms with Crippen LogP contribution in [0.5, 0.6) is 0 Å². The molecule has 0 saturated heterocycles. The molecule has 0 radical (unpaired) electrons. The molecule has 0 unspecified atom stereocenters. The number of benzene rings is 7. The molecule has 9 rings (SSSR count).